The normalized spacial score (nSPS) is 26.4. The average molecular weight is 242 g/mol. The molecule has 2 atom stereocenters. The second-order valence-corrected chi connectivity index (χ2v) is 4.37. The van der Waals surface area contributed by atoms with Crippen molar-refractivity contribution in [3.05, 3.63) is 28.2 Å². The highest BCUT2D eigenvalue weighted by atomic mass is 79.9. The number of nitrogens with two attached hydrogens (primary N) is 1. The van der Waals surface area contributed by atoms with Gasteiger partial charge in [0.15, 0.2) is 0 Å². The molecule has 0 radical (unpaired) electrons. The zero-order valence-electron chi connectivity index (χ0n) is 7.46. The van der Waals surface area contributed by atoms with E-state index in [-0.39, 0.29) is 12.1 Å². The fourth-order valence-electron chi connectivity index (χ4n) is 1.67. The standard InChI is InChI=1S/C10H12BrNO/c1-6-4-9(12)8-5-7(11)2-3-10(8)13-6/h2-3,5-6,9H,4,12H2,1H3/t6?,9-/m1/s1. The second kappa shape index (κ2) is 3.31. The maximum atomic E-state index is 6.00. The third-order valence-electron chi connectivity index (χ3n) is 2.29. The van der Waals surface area contributed by atoms with Gasteiger partial charge >= 0.3 is 0 Å². The fraction of sp³-hybridized carbons (Fsp3) is 0.400. The number of rotatable bonds is 0. The fourth-order valence-corrected chi connectivity index (χ4v) is 2.04. The Bertz CT molecular complexity index is 327. The molecule has 0 aromatic heterocycles. The van der Waals surface area contributed by atoms with Gasteiger partial charge in [-0.15, -0.1) is 0 Å². The Morgan fingerprint density at radius 2 is 2.31 bits per heavy atom. The summed E-state index contributed by atoms with van der Waals surface area (Å²) < 4.78 is 6.71. The molecule has 1 heterocycles. The zero-order chi connectivity index (χ0) is 9.42. The van der Waals surface area contributed by atoms with Gasteiger partial charge in [-0.3, -0.25) is 0 Å². The van der Waals surface area contributed by atoms with Crippen LogP contribution in [0.25, 0.3) is 0 Å². The summed E-state index contributed by atoms with van der Waals surface area (Å²) in [6.07, 6.45) is 1.12. The smallest absolute Gasteiger partial charge is 0.124 e. The van der Waals surface area contributed by atoms with Gasteiger partial charge in [0.1, 0.15) is 5.75 Å². The lowest BCUT2D eigenvalue weighted by atomic mass is 9.98. The van der Waals surface area contributed by atoms with E-state index in [0.717, 1.165) is 22.2 Å². The van der Waals surface area contributed by atoms with Gasteiger partial charge in [-0.05, 0) is 25.1 Å². The summed E-state index contributed by atoms with van der Waals surface area (Å²) in [4.78, 5) is 0. The van der Waals surface area contributed by atoms with Crippen LogP contribution in [0.1, 0.15) is 24.9 Å². The van der Waals surface area contributed by atoms with Crippen LogP contribution in [0.4, 0.5) is 0 Å². The van der Waals surface area contributed by atoms with Crippen LogP contribution < -0.4 is 10.5 Å². The molecule has 0 saturated carbocycles. The molecule has 0 bridgehead atoms. The molecule has 2 N–H and O–H groups in total. The summed E-state index contributed by atoms with van der Waals surface area (Å²) >= 11 is 3.42. The summed E-state index contributed by atoms with van der Waals surface area (Å²) in [5, 5.41) is 0. The van der Waals surface area contributed by atoms with E-state index in [9.17, 15) is 0 Å². The molecule has 1 aromatic carbocycles. The Morgan fingerprint density at radius 3 is 3.08 bits per heavy atom. The lowest BCUT2D eigenvalue weighted by molar-refractivity contribution is 0.177. The van der Waals surface area contributed by atoms with E-state index in [2.05, 4.69) is 15.9 Å². The van der Waals surface area contributed by atoms with Crippen LogP contribution in [0, 0.1) is 0 Å². The van der Waals surface area contributed by atoms with Gasteiger partial charge in [-0.1, -0.05) is 15.9 Å². The minimum atomic E-state index is 0.108. The molecule has 1 aromatic rings. The van der Waals surface area contributed by atoms with Crippen LogP contribution in [0.2, 0.25) is 0 Å². The van der Waals surface area contributed by atoms with Crippen molar-refractivity contribution >= 4 is 15.9 Å². The molecule has 1 aliphatic rings. The number of benzene rings is 1. The second-order valence-electron chi connectivity index (χ2n) is 3.45. The first-order chi connectivity index (χ1) is 6.16. The molecule has 3 heteroatoms. The Morgan fingerprint density at radius 1 is 1.54 bits per heavy atom. The van der Waals surface area contributed by atoms with Gasteiger partial charge in [-0.25, -0.2) is 0 Å². The van der Waals surface area contributed by atoms with Crippen molar-refractivity contribution in [1.29, 1.82) is 0 Å². The van der Waals surface area contributed by atoms with Gasteiger partial charge in [0.25, 0.3) is 0 Å². The van der Waals surface area contributed by atoms with E-state index in [1.165, 1.54) is 0 Å². The molecule has 0 fully saturated rings. The highest BCUT2D eigenvalue weighted by Gasteiger charge is 2.22. The minimum absolute atomic E-state index is 0.108. The van der Waals surface area contributed by atoms with Crippen molar-refractivity contribution in [1.82, 2.24) is 0 Å². The number of hydrogen-bond donors (Lipinski definition) is 1. The molecule has 13 heavy (non-hydrogen) atoms. The van der Waals surface area contributed by atoms with Crippen LogP contribution in [-0.4, -0.2) is 6.10 Å². The third-order valence-corrected chi connectivity index (χ3v) is 2.78. The van der Waals surface area contributed by atoms with Gasteiger partial charge < -0.3 is 10.5 Å². The van der Waals surface area contributed by atoms with Crippen molar-refractivity contribution in [2.75, 3.05) is 0 Å². The summed E-state index contributed by atoms with van der Waals surface area (Å²) in [6.45, 7) is 2.05. The molecule has 2 nitrogen and oxygen atoms in total. The van der Waals surface area contributed by atoms with E-state index in [1.807, 2.05) is 25.1 Å². The summed E-state index contributed by atoms with van der Waals surface area (Å²) in [6, 6.07) is 6.08. The number of hydrogen-bond acceptors (Lipinski definition) is 2. The van der Waals surface area contributed by atoms with E-state index in [0.29, 0.717) is 0 Å². The van der Waals surface area contributed by atoms with Gasteiger partial charge in [0, 0.05) is 22.5 Å². The average Bonchev–Trinajstić information content (AvgIpc) is 2.06. The molecule has 70 valence electrons. The van der Waals surface area contributed by atoms with Crippen molar-refractivity contribution in [3.63, 3.8) is 0 Å². The van der Waals surface area contributed by atoms with Crippen LogP contribution >= 0.6 is 15.9 Å². The van der Waals surface area contributed by atoms with Crippen molar-refractivity contribution in [2.45, 2.75) is 25.5 Å². The zero-order valence-corrected chi connectivity index (χ0v) is 9.04. The Kier molecular flexibility index (Phi) is 2.30. The first kappa shape index (κ1) is 9.03. The summed E-state index contributed by atoms with van der Waals surface area (Å²) in [7, 11) is 0. The summed E-state index contributed by atoms with van der Waals surface area (Å²) in [5.74, 6) is 0.925. The molecule has 0 aliphatic carbocycles. The minimum Gasteiger partial charge on any atom is -0.490 e. The molecular weight excluding hydrogens is 230 g/mol. The first-order valence-electron chi connectivity index (χ1n) is 4.38. The Labute approximate surface area is 86.2 Å². The lowest BCUT2D eigenvalue weighted by Crippen LogP contribution is -2.27. The van der Waals surface area contributed by atoms with Gasteiger partial charge in [0.2, 0.25) is 0 Å². The SMILES string of the molecule is CC1C[C@@H](N)c2cc(Br)ccc2O1. The Hall–Kier alpha value is -0.540. The molecule has 0 saturated heterocycles. The largest absolute Gasteiger partial charge is 0.490 e. The van der Waals surface area contributed by atoms with E-state index >= 15 is 0 Å². The predicted molar refractivity (Wildman–Crippen MR) is 55.8 cm³/mol. The van der Waals surface area contributed by atoms with Crippen LogP contribution in [0.15, 0.2) is 22.7 Å². The third kappa shape index (κ3) is 1.71. The van der Waals surface area contributed by atoms with Crippen molar-refractivity contribution in [2.24, 2.45) is 5.73 Å². The maximum Gasteiger partial charge on any atom is 0.124 e. The predicted octanol–water partition coefficient (Wildman–Crippen LogP) is 2.62. The van der Waals surface area contributed by atoms with E-state index in [4.69, 9.17) is 10.5 Å². The molecule has 0 amide bonds. The molecule has 1 aliphatic heterocycles. The number of ether oxygens (including phenoxy) is 1. The highest BCUT2D eigenvalue weighted by Crippen LogP contribution is 2.34. The lowest BCUT2D eigenvalue weighted by Gasteiger charge is -2.28. The summed E-state index contributed by atoms with van der Waals surface area (Å²) in [5.41, 5.74) is 7.11. The van der Waals surface area contributed by atoms with Crippen LogP contribution in [-0.2, 0) is 0 Å². The van der Waals surface area contributed by atoms with E-state index in [1.54, 1.807) is 0 Å². The molecule has 1 unspecified atom stereocenters. The topological polar surface area (TPSA) is 35.2 Å². The van der Waals surface area contributed by atoms with Gasteiger partial charge in [0.05, 0.1) is 6.10 Å². The van der Waals surface area contributed by atoms with Crippen LogP contribution in [0.3, 0.4) is 0 Å². The highest BCUT2D eigenvalue weighted by molar-refractivity contribution is 9.10. The molecule has 0 spiro atoms. The van der Waals surface area contributed by atoms with E-state index < -0.39 is 0 Å². The van der Waals surface area contributed by atoms with Crippen molar-refractivity contribution < 1.29 is 4.74 Å². The quantitative estimate of drug-likeness (QED) is 0.758. The van der Waals surface area contributed by atoms with Gasteiger partial charge in [-0.2, -0.15) is 0 Å². The molecular formula is C10H12BrNO. The monoisotopic (exact) mass is 241 g/mol. The van der Waals surface area contributed by atoms with Crippen molar-refractivity contribution in [3.8, 4) is 5.75 Å². The van der Waals surface area contributed by atoms with Crippen LogP contribution in [0.5, 0.6) is 5.75 Å². The molecule has 2 rings (SSSR count). The first-order valence-corrected chi connectivity index (χ1v) is 5.18. The number of fused-ring (bicyclic) bond motifs is 1. The Balaban J connectivity index is 2.43. The number of halogens is 1. The maximum absolute atomic E-state index is 6.00.